The molecule has 0 aliphatic rings. The van der Waals surface area contributed by atoms with E-state index < -0.39 is 0 Å². The second kappa shape index (κ2) is 3.28. The molecule has 1 nitrogen and oxygen atoms in total. The maximum Gasteiger partial charge on any atom is 0.100 e. The first-order valence-electron chi connectivity index (χ1n) is 2.82. The summed E-state index contributed by atoms with van der Waals surface area (Å²) in [4.78, 5) is 1.02. The lowest BCUT2D eigenvalue weighted by molar-refractivity contribution is 1.37. The molecule has 49 valence electrons. The largest absolute Gasteiger partial charge is 0.192 e. The minimum Gasteiger partial charge on any atom is -0.192 e. The SMILES string of the molecule is CSc1cc[c]cc1C#N. The molecular weight excluding hydrogens is 142 g/mol. The first-order chi connectivity index (χ1) is 4.88. The first-order valence-corrected chi connectivity index (χ1v) is 4.05. The first kappa shape index (κ1) is 7.17. The molecule has 0 fully saturated rings. The maximum absolute atomic E-state index is 8.57. The van der Waals surface area contributed by atoms with Gasteiger partial charge < -0.3 is 0 Å². The fourth-order valence-corrected chi connectivity index (χ4v) is 1.21. The Bertz CT molecular complexity index is 262. The normalized spacial score (nSPS) is 8.80. The van der Waals surface area contributed by atoms with Crippen molar-refractivity contribution in [2.24, 2.45) is 0 Å². The number of nitrogens with zero attached hydrogens (tertiary/aromatic N) is 1. The number of benzene rings is 1. The molecule has 0 aliphatic heterocycles. The Morgan fingerprint density at radius 2 is 2.50 bits per heavy atom. The minimum atomic E-state index is 0.704. The Kier molecular flexibility index (Phi) is 2.35. The molecule has 0 bridgehead atoms. The lowest BCUT2D eigenvalue weighted by atomic mass is 10.2. The fraction of sp³-hybridized carbons (Fsp3) is 0.125. The van der Waals surface area contributed by atoms with Crippen LogP contribution in [0, 0.1) is 17.4 Å². The van der Waals surface area contributed by atoms with Gasteiger partial charge in [0.2, 0.25) is 0 Å². The van der Waals surface area contributed by atoms with Crippen LogP contribution in [0.3, 0.4) is 0 Å². The topological polar surface area (TPSA) is 23.8 Å². The van der Waals surface area contributed by atoms with E-state index in [2.05, 4.69) is 12.1 Å². The number of hydrogen-bond acceptors (Lipinski definition) is 2. The van der Waals surface area contributed by atoms with Gasteiger partial charge >= 0.3 is 0 Å². The van der Waals surface area contributed by atoms with Crippen LogP contribution < -0.4 is 0 Å². The molecule has 1 aromatic rings. The molecule has 1 aromatic carbocycles. The Hall–Kier alpha value is -0.940. The van der Waals surface area contributed by atoms with Crippen molar-refractivity contribution in [3.8, 4) is 6.07 Å². The summed E-state index contributed by atoms with van der Waals surface area (Å²) in [7, 11) is 0. The average Bonchev–Trinajstić information content (AvgIpc) is 2.04. The predicted molar refractivity (Wildman–Crippen MR) is 41.8 cm³/mol. The third-order valence-electron chi connectivity index (χ3n) is 1.16. The van der Waals surface area contributed by atoms with Crippen LogP contribution in [0.25, 0.3) is 0 Å². The van der Waals surface area contributed by atoms with Crippen LogP contribution in [0.5, 0.6) is 0 Å². The highest BCUT2D eigenvalue weighted by atomic mass is 32.2. The molecule has 0 saturated heterocycles. The monoisotopic (exact) mass is 148 g/mol. The molecule has 0 spiro atoms. The van der Waals surface area contributed by atoms with Crippen molar-refractivity contribution in [3.05, 3.63) is 29.8 Å². The predicted octanol–water partition coefficient (Wildman–Crippen LogP) is 2.08. The van der Waals surface area contributed by atoms with Gasteiger partial charge in [-0.25, -0.2) is 0 Å². The summed E-state index contributed by atoms with van der Waals surface area (Å²) in [6.07, 6.45) is 1.95. The van der Waals surface area contributed by atoms with Gasteiger partial charge in [-0.15, -0.1) is 11.8 Å². The Morgan fingerprint density at radius 1 is 1.70 bits per heavy atom. The summed E-state index contributed by atoms with van der Waals surface area (Å²) in [5.74, 6) is 0. The van der Waals surface area contributed by atoms with Crippen molar-refractivity contribution >= 4 is 11.8 Å². The molecular formula is C8H6NS. The molecule has 0 unspecified atom stereocenters. The Morgan fingerprint density at radius 3 is 3.00 bits per heavy atom. The lowest BCUT2D eigenvalue weighted by Gasteiger charge is -1.95. The Balaban J connectivity index is 3.12. The highest BCUT2D eigenvalue weighted by Gasteiger charge is 1.95. The number of rotatable bonds is 1. The van der Waals surface area contributed by atoms with Gasteiger partial charge in [-0.3, -0.25) is 0 Å². The van der Waals surface area contributed by atoms with Crippen LogP contribution >= 0.6 is 11.8 Å². The summed E-state index contributed by atoms with van der Waals surface area (Å²) in [5.41, 5.74) is 0.704. The molecule has 0 aromatic heterocycles. The van der Waals surface area contributed by atoms with Gasteiger partial charge in [0, 0.05) is 4.90 Å². The van der Waals surface area contributed by atoms with Gasteiger partial charge in [0.1, 0.15) is 6.07 Å². The smallest absolute Gasteiger partial charge is 0.100 e. The van der Waals surface area contributed by atoms with Crippen LogP contribution in [-0.4, -0.2) is 6.26 Å². The molecule has 1 radical (unpaired) electrons. The summed E-state index contributed by atoms with van der Waals surface area (Å²) in [6, 6.07) is 10.3. The van der Waals surface area contributed by atoms with Crippen molar-refractivity contribution in [1.29, 1.82) is 5.26 Å². The number of nitriles is 1. The molecule has 0 N–H and O–H groups in total. The average molecular weight is 148 g/mol. The quantitative estimate of drug-likeness (QED) is 0.569. The van der Waals surface area contributed by atoms with E-state index in [1.54, 1.807) is 17.8 Å². The van der Waals surface area contributed by atoms with Gasteiger partial charge in [-0.2, -0.15) is 5.26 Å². The fourth-order valence-electron chi connectivity index (χ4n) is 0.682. The summed E-state index contributed by atoms with van der Waals surface area (Å²) >= 11 is 1.58. The molecule has 0 aliphatic carbocycles. The van der Waals surface area contributed by atoms with E-state index in [9.17, 15) is 0 Å². The molecule has 0 atom stereocenters. The third kappa shape index (κ3) is 1.31. The maximum atomic E-state index is 8.57. The second-order valence-electron chi connectivity index (χ2n) is 1.74. The third-order valence-corrected chi connectivity index (χ3v) is 1.96. The zero-order valence-corrected chi connectivity index (χ0v) is 6.40. The number of thioether (sulfide) groups is 1. The van der Waals surface area contributed by atoms with E-state index in [1.165, 1.54) is 0 Å². The lowest BCUT2D eigenvalue weighted by Crippen LogP contribution is -1.77. The van der Waals surface area contributed by atoms with Crippen LogP contribution in [0.2, 0.25) is 0 Å². The molecule has 2 heteroatoms. The van der Waals surface area contributed by atoms with Crippen molar-refractivity contribution in [1.82, 2.24) is 0 Å². The van der Waals surface area contributed by atoms with Gasteiger partial charge in [-0.1, -0.05) is 6.07 Å². The summed E-state index contributed by atoms with van der Waals surface area (Å²) < 4.78 is 0. The van der Waals surface area contributed by atoms with E-state index in [4.69, 9.17) is 5.26 Å². The highest BCUT2D eigenvalue weighted by Crippen LogP contribution is 2.17. The second-order valence-corrected chi connectivity index (χ2v) is 2.59. The van der Waals surface area contributed by atoms with Gasteiger partial charge in [-0.05, 0) is 24.5 Å². The van der Waals surface area contributed by atoms with Gasteiger partial charge in [0.05, 0.1) is 5.56 Å². The van der Waals surface area contributed by atoms with Crippen molar-refractivity contribution in [2.45, 2.75) is 4.90 Å². The van der Waals surface area contributed by atoms with E-state index in [1.807, 2.05) is 18.4 Å². The van der Waals surface area contributed by atoms with E-state index in [0.29, 0.717) is 5.56 Å². The molecule has 0 amide bonds. The van der Waals surface area contributed by atoms with Crippen LogP contribution in [0.1, 0.15) is 5.56 Å². The van der Waals surface area contributed by atoms with E-state index >= 15 is 0 Å². The number of hydrogen-bond donors (Lipinski definition) is 0. The van der Waals surface area contributed by atoms with Crippen LogP contribution in [0.4, 0.5) is 0 Å². The minimum absolute atomic E-state index is 0.704. The zero-order chi connectivity index (χ0) is 7.40. The molecule has 1 rings (SSSR count). The van der Waals surface area contributed by atoms with E-state index in [-0.39, 0.29) is 0 Å². The summed E-state index contributed by atoms with van der Waals surface area (Å²) in [5, 5.41) is 8.57. The van der Waals surface area contributed by atoms with Gasteiger partial charge in [0.25, 0.3) is 0 Å². The van der Waals surface area contributed by atoms with Crippen molar-refractivity contribution < 1.29 is 0 Å². The van der Waals surface area contributed by atoms with Gasteiger partial charge in [0.15, 0.2) is 0 Å². The Labute approximate surface area is 64.7 Å². The molecule has 0 heterocycles. The summed E-state index contributed by atoms with van der Waals surface area (Å²) in [6.45, 7) is 0. The molecule has 0 saturated carbocycles. The molecule has 10 heavy (non-hydrogen) atoms. The van der Waals surface area contributed by atoms with Crippen molar-refractivity contribution in [3.63, 3.8) is 0 Å². The van der Waals surface area contributed by atoms with Crippen LogP contribution in [-0.2, 0) is 0 Å². The van der Waals surface area contributed by atoms with E-state index in [0.717, 1.165) is 4.90 Å². The van der Waals surface area contributed by atoms with Crippen molar-refractivity contribution in [2.75, 3.05) is 6.26 Å². The standard InChI is InChI=1S/C8H6NS/c1-10-8-5-3-2-4-7(8)6-9/h3-5H,1H3. The highest BCUT2D eigenvalue weighted by molar-refractivity contribution is 7.98. The zero-order valence-electron chi connectivity index (χ0n) is 5.59. The van der Waals surface area contributed by atoms with Crippen LogP contribution in [0.15, 0.2) is 23.1 Å².